The molecule has 0 aliphatic rings. The third-order valence-corrected chi connectivity index (χ3v) is 3.22. The van der Waals surface area contributed by atoms with Crippen LogP contribution in [-0.2, 0) is 12.0 Å². The molecule has 0 aliphatic heterocycles. The van der Waals surface area contributed by atoms with Crippen LogP contribution in [0.2, 0.25) is 0 Å². The van der Waals surface area contributed by atoms with Crippen molar-refractivity contribution >= 4 is 5.69 Å². The third kappa shape index (κ3) is 3.35. The lowest BCUT2D eigenvalue weighted by atomic mass is 9.86. The molecule has 0 aliphatic carbocycles. The van der Waals surface area contributed by atoms with Gasteiger partial charge in [-0.2, -0.15) is 0 Å². The van der Waals surface area contributed by atoms with E-state index in [2.05, 4.69) is 32.2 Å². The zero-order valence-corrected chi connectivity index (χ0v) is 12.0. The Labute approximate surface area is 118 Å². The second-order valence-corrected chi connectivity index (χ2v) is 5.88. The molecule has 106 valence electrons. The molecular formula is C17H19F2N. The second-order valence-electron chi connectivity index (χ2n) is 5.88. The average molecular weight is 275 g/mol. The molecule has 20 heavy (non-hydrogen) atoms. The number of anilines is 1. The summed E-state index contributed by atoms with van der Waals surface area (Å²) in [6.45, 7) is 6.73. The number of benzene rings is 2. The molecule has 1 N–H and O–H groups in total. The minimum Gasteiger partial charge on any atom is -0.381 e. The minimum atomic E-state index is -0.554. The van der Waals surface area contributed by atoms with Gasteiger partial charge in [0.1, 0.15) is 11.6 Å². The van der Waals surface area contributed by atoms with E-state index < -0.39 is 11.6 Å². The summed E-state index contributed by atoms with van der Waals surface area (Å²) in [7, 11) is 0. The number of nitrogens with one attached hydrogen (secondary N) is 1. The molecule has 0 atom stereocenters. The van der Waals surface area contributed by atoms with Gasteiger partial charge in [0.25, 0.3) is 0 Å². The van der Waals surface area contributed by atoms with Crippen molar-refractivity contribution in [2.75, 3.05) is 5.32 Å². The van der Waals surface area contributed by atoms with E-state index in [0.29, 0.717) is 12.1 Å². The Morgan fingerprint density at radius 2 is 1.70 bits per heavy atom. The molecule has 2 aromatic rings. The van der Waals surface area contributed by atoms with Crippen molar-refractivity contribution in [1.29, 1.82) is 0 Å². The SMILES string of the molecule is CC(C)(C)c1ccccc1NCc1ccc(F)cc1F. The molecule has 2 rings (SSSR count). The van der Waals surface area contributed by atoms with Gasteiger partial charge in [0.2, 0.25) is 0 Å². The van der Waals surface area contributed by atoms with E-state index in [1.165, 1.54) is 17.7 Å². The Kier molecular flexibility index (Phi) is 4.07. The van der Waals surface area contributed by atoms with E-state index in [4.69, 9.17) is 0 Å². The molecular weight excluding hydrogens is 256 g/mol. The highest BCUT2D eigenvalue weighted by Gasteiger charge is 2.17. The lowest BCUT2D eigenvalue weighted by molar-refractivity contribution is 0.573. The van der Waals surface area contributed by atoms with E-state index in [-0.39, 0.29) is 5.41 Å². The van der Waals surface area contributed by atoms with E-state index >= 15 is 0 Å². The standard InChI is InChI=1S/C17H19F2N/c1-17(2,3)14-6-4-5-7-16(14)20-11-12-8-9-13(18)10-15(12)19/h4-10,20H,11H2,1-3H3. The van der Waals surface area contributed by atoms with Crippen LogP contribution in [0.5, 0.6) is 0 Å². The van der Waals surface area contributed by atoms with Gasteiger partial charge in [-0.1, -0.05) is 45.0 Å². The number of rotatable bonds is 3. The summed E-state index contributed by atoms with van der Waals surface area (Å²) in [5.41, 5.74) is 2.60. The van der Waals surface area contributed by atoms with Crippen molar-refractivity contribution in [1.82, 2.24) is 0 Å². The zero-order valence-electron chi connectivity index (χ0n) is 12.0. The first kappa shape index (κ1) is 14.5. The van der Waals surface area contributed by atoms with Crippen LogP contribution in [0, 0.1) is 11.6 Å². The van der Waals surface area contributed by atoms with Crippen LogP contribution in [-0.4, -0.2) is 0 Å². The Balaban J connectivity index is 2.19. The number of hydrogen-bond acceptors (Lipinski definition) is 1. The molecule has 0 saturated heterocycles. The van der Waals surface area contributed by atoms with Crippen molar-refractivity contribution in [3.63, 3.8) is 0 Å². The van der Waals surface area contributed by atoms with Crippen molar-refractivity contribution in [2.45, 2.75) is 32.7 Å². The highest BCUT2D eigenvalue weighted by Crippen LogP contribution is 2.29. The predicted octanol–water partition coefficient (Wildman–Crippen LogP) is 4.87. The van der Waals surface area contributed by atoms with Crippen molar-refractivity contribution < 1.29 is 8.78 Å². The monoisotopic (exact) mass is 275 g/mol. The summed E-state index contributed by atoms with van der Waals surface area (Å²) in [4.78, 5) is 0. The molecule has 0 amide bonds. The van der Waals surface area contributed by atoms with Gasteiger partial charge in [0, 0.05) is 23.9 Å². The zero-order chi connectivity index (χ0) is 14.8. The Bertz CT molecular complexity index is 600. The third-order valence-electron chi connectivity index (χ3n) is 3.22. The quantitative estimate of drug-likeness (QED) is 0.842. The average Bonchev–Trinajstić information content (AvgIpc) is 2.37. The van der Waals surface area contributed by atoms with Gasteiger partial charge in [0.05, 0.1) is 0 Å². The van der Waals surface area contributed by atoms with Gasteiger partial charge in [0.15, 0.2) is 0 Å². The fourth-order valence-electron chi connectivity index (χ4n) is 2.15. The van der Waals surface area contributed by atoms with Crippen LogP contribution in [0.4, 0.5) is 14.5 Å². The Morgan fingerprint density at radius 1 is 1.00 bits per heavy atom. The maximum atomic E-state index is 13.6. The first-order valence-corrected chi connectivity index (χ1v) is 6.65. The smallest absolute Gasteiger partial charge is 0.131 e. The summed E-state index contributed by atoms with van der Waals surface area (Å²) < 4.78 is 26.5. The van der Waals surface area contributed by atoms with Gasteiger partial charge in [-0.3, -0.25) is 0 Å². The number of hydrogen-bond donors (Lipinski definition) is 1. The Hall–Kier alpha value is -1.90. The normalized spacial score (nSPS) is 11.4. The fourth-order valence-corrected chi connectivity index (χ4v) is 2.15. The van der Waals surface area contributed by atoms with E-state index in [1.54, 1.807) is 0 Å². The van der Waals surface area contributed by atoms with Crippen LogP contribution < -0.4 is 5.32 Å². The molecule has 0 fully saturated rings. The number of halogens is 2. The molecule has 0 unspecified atom stereocenters. The molecule has 1 nitrogen and oxygen atoms in total. The molecule has 0 radical (unpaired) electrons. The van der Waals surface area contributed by atoms with Crippen LogP contribution in [0.25, 0.3) is 0 Å². The predicted molar refractivity (Wildman–Crippen MR) is 78.8 cm³/mol. The summed E-state index contributed by atoms with van der Waals surface area (Å²) in [5, 5.41) is 3.23. The summed E-state index contributed by atoms with van der Waals surface area (Å²) in [6.07, 6.45) is 0. The maximum Gasteiger partial charge on any atom is 0.131 e. The van der Waals surface area contributed by atoms with Crippen LogP contribution in [0.15, 0.2) is 42.5 Å². The highest BCUT2D eigenvalue weighted by atomic mass is 19.1. The largest absolute Gasteiger partial charge is 0.381 e. The van der Waals surface area contributed by atoms with Gasteiger partial charge >= 0.3 is 0 Å². The second kappa shape index (κ2) is 5.61. The summed E-state index contributed by atoms with van der Waals surface area (Å²) >= 11 is 0. The lowest BCUT2D eigenvalue weighted by Gasteiger charge is -2.23. The highest BCUT2D eigenvalue weighted by molar-refractivity contribution is 5.54. The molecule has 0 saturated carbocycles. The van der Waals surface area contributed by atoms with Crippen LogP contribution >= 0.6 is 0 Å². The Morgan fingerprint density at radius 3 is 2.35 bits per heavy atom. The van der Waals surface area contributed by atoms with Gasteiger partial charge < -0.3 is 5.32 Å². The molecule has 0 bridgehead atoms. The topological polar surface area (TPSA) is 12.0 Å². The van der Waals surface area contributed by atoms with Crippen molar-refractivity contribution in [3.05, 3.63) is 65.2 Å². The van der Waals surface area contributed by atoms with Crippen LogP contribution in [0.3, 0.4) is 0 Å². The fraction of sp³-hybridized carbons (Fsp3) is 0.294. The summed E-state index contributed by atoms with van der Waals surface area (Å²) in [6, 6.07) is 11.6. The first-order chi connectivity index (χ1) is 9.38. The number of para-hydroxylation sites is 1. The van der Waals surface area contributed by atoms with Gasteiger partial charge in [-0.25, -0.2) is 8.78 Å². The van der Waals surface area contributed by atoms with E-state index in [9.17, 15) is 8.78 Å². The van der Waals surface area contributed by atoms with Crippen molar-refractivity contribution in [2.24, 2.45) is 0 Å². The van der Waals surface area contributed by atoms with E-state index in [0.717, 1.165) is 11.8 Å². The first-order valence-electron chi connectivity index (χ1n) is 6.65. The van der Waals surface area contributed by atoms with Crippen molar-refractivity contribution in [3.8, 4) is 0 Å². The van der Waals surface area contributed by atoms with Gasteiger partial charge in [-0.15, -0.1) is 0 Å². The minimum absolute atomic E-state index is 0.00489. The lowest BCUT2D eigenvalue weighted by Crippen LogP contribution is -2.15. The molecule has 3 heteroatoms. The van der Waals surface area contributed by atoms with E-state index in [1.807, 2.05) is 18.2 Å². The molecule has 2 aromatic carbocycles. The van der Waals surface area contributed by atoms with Crippen LogP contribution in [0.1, 0.15) is 31.9 Å². The van der Waals surface area contributed by atoms with Gasteiger partial charge in [-0.05, 0) is 23.1 Å². The summed E-state index contributed by atoms with van der Waals surface area (Å²) in [5.74, 6) is -1.08. The molecule has 0 spiro atoms. The maximum absolute atomic E-state index is 13.6. The molecule has 0 heterocycles. The molecule has 0 aromatic heterocycles.